The van der Waals surface area contributed by atoms with Crippen LogP contribution in [0.5, 0.6) is 11.5 Å². The Bertz CT molecular complexity index is 1130. The predicted octanol–water partition coefficient (Wildman–Crippen LogP) is 3.57. The first-order chi connectivity index (χ1) is 16.2. The van der Waals surface area contributed by atoms with E-state index in [9.17, 15) is 9.59 Å². The van der Waals surface area contributed by atoms with Crippen molar-refractivity contribution in [2.24, 2.45) is 5.92 Å². The van der Waals surface area contributed by atoms with Crippen LogP contribution in [0.2, 0.25) is 0 Å². The minimum Gasteiger partial charge on any atom is -0.454 e. The van der Waals surface area contributed by atoms with E-state index in [0.717, 1.165) is 11.3 Å². The monoisotopic (exact) mass is 443 g/mol. The van der Waals surface area contributed by atoms with E-state index >= 15 is 0 Å². The SMILES string of the molecule is O=C(NC(c1ccc2c(c1)OCO2)c1ccccn1)C1CCN(C(=O)c2ccccc2)CC1. The first-order valence-electron chi connectivity index (χ1n) is 11.1. The lowest BCUT2D eigenvalue weighted by molar-refractivity contribution is -0.126. The Morgan fingerprint density at radius 3 is 2.45 bits per heavy atom. The average molecular weight is 444 g/mol. The molecule has 5 rings (SSSR count). The van der Waals surface area contributed by atoms with Crippen LogP contribution in [0.15, 0.2) is 72.9 Å². The van der Waals surface area contributed by atoms with Gasteiger partial charge in [0.05, 0.1) is 11.7 Å². The van der Waals surface area contributed by atoms with Crippen LogP contribution >= 0.6 is 0 Å². The van der Waals surface area contributed by atoms with Crippen molar-refractivity contribution in [2.45, 2.75) is 18.9 Å². The third-order valence-corrected chi connectivity index (χ3v) is 6.17. The van der Waals surface area contributed by atoms with Crippen LogP contribution in [-0.4, -0.2) is 41.6 Å². The number of likely N-dealkylation sites (tertiary alicyclic amines) is 1. The van der Waals surface area contributed by atoms with Gasteiger partial charge in [0.25, 0.3) is 5.91 Å². The van der Waals surface area contributed by atoms with E-state index in [4.69, 9.17) is 9.47 Å². The molecular formula is C26H25N3O4. The molecular weight excluding hydrogens is 418 g/mol. The van der Waals surface area contributed by atoms with Crippen LogP contribution in [-0.2, 0) is 4.79 Å². The number of aromatic nitrogens is 1. The van der Waals surface area contributed by atoms with E-state index < -0.39 is 6.04 Å². The lowest BCUT2D eigenvalue weighted by Crippen LogP contribution is -2.44. The van der Waals surface area contributed by atoms with Crippen LogP contribution in [0.25, 0.3) is 0 Å². The number of amides is 2. The van der Waals surface area contributed by atoms with Gasteiger partial charge in [0, 0.05) is 30.8 Å². The first kappa shape index (κ1) is 21.0. The fourth-order valence-electron chi connectivity index (χ4n) is 4.34. The third kappa shape index (κ3) is 4.53. The van der Waals surface area contributed by atoms with Gasteiger partial charge in [-0.25, -0.2) is 0 Å². The summed E-state index contributed by atoms with van der Waals surface area (Å²) in [7, 11) is 0. The van der Waals surface area contributed by atoms with Crippen molar-refractivity contribution in [2.75, 3.05) is 19.9 Å². The molecule has 3 aromatic rings. The molecule has 0 bridgehead atoms. The zero-order chi connectivity index (χ0) is 22.6. The summed E-state index contributed by atoms with van der Waals surface area (Å²) < 4.78 is 10.9. The Kier molecular flexibility index (Phi) is 5.93. The zero-order valence-electron chi connectivity index (χ0n) is 18.1. The van der Waals surface area contributed by atoms with Crippen molar-refractivity contribution in [1.82, 2.24) is 15.2 Å². The molecule has 2 amide bonds. The van der Waals surface area contributed by atoms with Crippen molar-refractivity contribution in [3.8, 4) is 11.5 Å². The van der Waals surface area contributed by atoms with Crippen LogP contribution in [0.3, 0.4) is 0 Å². The zero-order valence-corrected chi connectivity index (χ0v) is 18.1. The number of benzene rings is 2. The number of fused-ring (bicyclic) bond motifs is 1. The summed E-state index contributed by atoms with van der Waals surface area (Å²) in [6, 6.07) is 20.2. The lowest BCUT2D eigenvalue weighted by Gasteiger charge is -2.32. The van der Waals surface area contributed by atoms with Gasteiger partial charge in [0.1, 0.15) is 0 Å². The molecule has 0 aliphatic carbocycles. The predicted molar refractivity (Wildman–Crippen MR) is 122 cm³/mol. The number of ether oxygens (including phenoxy) is 2. The fraction of sp³-hybridized carbons (Fsp3) is 0.269. The maximum absolute atomic E-state index is 13.2. The number of carbonyl (C=O) groups is 2. The molecule has 3 heterocycles. The molecule has 1 unspecified atom stereocenters. The maximum atomic E-state index is 13.2. The molecule has 168 valence electrons. The van der Waals surface area contributed by atoms with Gasteiger partial charge in [0.15, 0.2) is 11.5 Å². The molecule has 2 aromatic carbocycles. The standard InChI is InChI=1S/C26H25N3O4/c30-25(18-11-14-29(15-12-18)26(31)19-6-2-1-3-7-19)28-24(21-8-4-5-13-27-21)20-9-10-22-23(16-20)33-17-32-22/h1-10,13,16,18,24H,11-12,14-15,17H2,(H,28,30). The molecule has 1 saturated heterocycles. The van der Waals surface area contributed by atoms with Gasteiger partial charge >= 0.3 is 0 Å². The van der Waals surface area contributed by atoms with Crippen LogP contribution < -0.4 is 14.8 Å². The normalized spacial score (nSPS) is 16.3. The molecule has 2 aliphatic rings. The van der Waals surface area contributed by atoms with E-state index in [1.165, 1.54) is 0 Å². The topological polar surface area (TPSA) is 80.8 Å². The molecule has 2 aliphatic heterocycles. The Morgan fingerprint density at radius 2 is 1.70 bits per heavy atom. The van der Waals surface area contributed by atoms with Crippen LogP contribution in [0.4, 0.5) is 0 Å². The third-order valence-electron chi connectivity index (χ3n) is 6.17. The smallest absolute Gasteiger partial charge is 0.253 e. The van der Waals surface area contributed by atoms with Crippen molar-refractivity contribution >= 4 is 11.8 Å². The largest absolute Gasteiger partial charge is 0.454 e. The van der Waals surface area contributed by atoms with E-state index in [2.05, 4.69) is 10.3 Å². The van der Waals surface area contributed by atoms with E-state index in [0.29, 0.717) is 43.0 Å². The minimum atomic E-state index is -0.405. The maximum Gasteiger partial charge on any atom is 0.253 e. The van der Waals surface area contributed by atoms with E-state index in [-0.39, 0.29) is 24.5 Å². The van der Waals surface area contributed by atoms with Gasteiger partial charge in [-0.05, 0) is 54.8 Å². The summed E-state index contributed by atoms with van der Waals surface area (Å²) in [4.78, 5) is 32.3. The molecule has 0 radical (unpaired) electrons. The molecule has 1 fully saturated rings. The van der Waals surface area contributed by atoms with Crippen LogP contribution in [0, 0.1) is 5.92 Å². The Morgan fingerprint density at radius 1 is 0.939 bits per heavy atom. The number of nitrogens with zero attached hydrogens (tertiary/aromatic N) is 2. The van der Waals surface area contributed by atoms with Gasteiger partial charge in [-0.3, -0.25) is 14.6 Å². The summed E-state index contributed by atoms with van der Waals surface area (Å²) in [6.07, 6.45) is 2.97. The summed E-state index contributed by atoms with van der Waals surface area (Å²) in [5, 5.41) is 3.18. The second-order valence-corrected chi connectivity index (χ2v) is 8.24. The highest BCUT2D eigenvalue weighted by atomic mass is 16.7. The van der Waals surface area contributed by atoms with Crippen molar-refractivity contribution in [3.05, 3.63) is 89.7 Å². The number of piperidine rings is 1. The minimum absolute atomic E-state index is 0.0150. The number of pyridine rings is 1. The second kappa shape index (κ2) is 9.32. The number of carbonyl (C=O) groups excluding carboxylic acids is 2. The Balaban J connectivity index is 1.28. The highest BCUT2D eigenvalue weighted by Gasteiger charge is 2.30. The molecule has 33 heavy (non-hydrogen) atoms. The number of hydrogen-bond acceptors (Lipinski definition) is 5. The molecule has 0 spiro atoms. The van der Waals surface area contributed by atoms with Gasteiger partial charge < -0.3 is 19.7 Å². The van der Waals surface area contributed by atoms with Crippen molar-refractivity contribution in [1.29, 1.82) is 0 Å². The summed E-state index contributed by atoms with van der Waals surface area (Å²) in [5.74, 6) is 1.18. The van der Waals surface area contributed by atoms with E-state index in [1.54, 1.807) is 6.20 Å². The first-order valence-corrected chi connectivity index (χ1v) is 11.1. The van der Waals surface area contributed by atoms with E-state index in [1.807, 2.05) is 71.6 Å². The molecule has 1 aromatic heterocycles. The lowest BCUT2D eigenvalue weighted by atomic mass is 9.94. The molecule has 1 N–H and O–H groups in total. The molecule has 7 nitrogen and oxygen atoms in total. The number of rotatable bonds is 5. The van der Waals surface area contributed by atoms with Gasteiger partial charge in [-0.15, -0.1) is 0 Å². The quantitative estimate of drug-likeness (QED) is 0.652. The second-order valence-electron chi connectivity index (χ2n) is 8.24. The highest BCUT2D eigenvalue weighted by Crippen LogP contribution is 2.35. The van der Waals surface area contributed by atoms with Gasteiger partial charge in [0.2, 0.25) is 12.7 Å². The summed E-state index contributed by atoms with van der Waals surface area (Å²) in [5.41, 5.74) is 2.31. The molecule has 0 saturated carbocycles. The van der Waals surface area contributed by atoms with Gasteiger partial charge in [-0.1, -0.05) is 30.3 Å². The number of nitrogens with one attached hydrogen (secondary N) is 1. The molecule has 7 heteroatoms. The van der Waals surface area contributed by atoms with Crippen LogP contribution in [0.1, 0.15) is 40.5 Å². The molecule has 1 atom stereocenters. The van der Waals surface area contributed by atoms with Crippen molar-refractivity contribution in [3.63, 3.8) is 0 Å². The highest BCUT2D eigenvalue weighted by molar-refractivity contribution is 5.94. The Hall–Kier alpha value is -3.87. The average Bonchev–Trinajstić information content (AvgIpc) is 3.36. The van der Waals surface area contributed by atoms with Crippen molar-refractivity contribution < 1.29 is 19.1 Å². The summed E-state index contributed by atoms with van der Waals surface area (Å²) in [6.45, 7) is 1.31. The fourth-order valence-corrected chi connectivity index (χ4v) is 4.34. The number of hydrogen-bond donors (Lipinski definition) is 1. The summed E-state index contributed by atoms with van der Waals surface area (Å²) >= 11 is 0. The Labute approximate surface area is 192 Å². The van der Waals surface area contributed by atoms with Gasteiger partial charge in [-0.2, -0.15) is 0 Å².